The van der Waals surface area contributed by atoms with Crippen molar-refractivity contribution in [1.29, 1.82) is 0 Å². The molecule has 1 aliphatic heterocycles. The molecule has 2 saturated carbocycles. The predicted molar refractivity (Wildman–Crippen MR) is 186 cm³/mol. The summed E-state index contributed by atoms with van der Waals surface area (Å²) in [6, 6.07) is 10.7. The molecule has 1 aromatic carbocycles. The molecule has 4 nitrogen and oxygen atoms in total. The molecule has 4 atom stereocenters. The minimum Gasteiger partial charge on any atom is -0.446 e. The third kappa shape index (κ3) is 6.78. The Labute approximate surface area is 270 Å². The van der Waals surface area contributed by atoms with Gasteiger partial charge in [-0.05, 0) is 82.7 Å². The van der Waals surface area contributed by atoms with Gasteiger partial charge in [0.05, 0.1) is 0 Å². The Morgan fingerprint density at radius 2 is 1.45 bits per heavy atom. The van der Waals surface area contributed by atoms with Crippen molar-refractivity contribution in [2.45, 2.75) is 161 Å². The van der Waals surface area contributed by atoms with Crippen LogP contribution in [0.25, 0.3) is 0 Å². The first-order valence-corrected chi connectivity index (χ1v) is 20.3. The Morgan fingerprint density at radius 3 is 2.00 bits per heavy atom. The van der Waals surface area contributed by atoms with Gasteiger partial charge in [0, 0.05) is 24.6 Å². The minimum absolute atomic E-state index is 0.0928. The minimum atomic E-state index is -2.26. The van der Waals surface area contributed by atoms with Gasteiger partial charge in [0.2, 0.25) is 0 Å². The third-order valence-electron chi connectivity index (χ3n) is 12.5. The highest BCUT2D eigenvalue weighted by Crippen LogP contribution is 2.50. The SMILES string of the molecule is CC(C)[C@H]1CC[C@@H](OC(=O)N2C=C([Si](C(C)C)(C(C)C)C(C)C)C(=O)C[C@H]2C2CCCCC2)[C@H](C(C)(C)c2ccccc2)C1. The van der Waals surface area contributed by atoms with Gasteiger partial charge >= 0.3 is 6.09 Å². The van der Waals surface area contributed by atoms with Gasteiger partial charge in [-0.15, -0.1) is 0 Å². The number of hydrogen-bond acceptors (Lipinski definition) is 3. The van der Waals surface area contributed by atoms with Gasteiger partial charge in [-0.3, -0.25) is 9.69 Å². The molecule has 4 rings (SSSR count). The lowest BCUT2D eigenvalue weighted by Crippen LogP contribution is -2.55. The van der Waals surface area contributed by atoms with Gasteiger partial charge in [0.25, 0.3) is 0 Å². The maximum Gasteiger partial charge on any atom is 0.414 e. The number of hydrogen-bond donors (Lipinski definition) is 0. The third-order valence-corrected chi connectivity index (χ3v) is 19.6. The van der Waals surface area contributed by atoms with Crippen molar-refractivity contribution in [2.75, 3.05) is 0 Å². The molecule has 1 amide bonds. The van der Waals surface area contributed by atoms with E-state index in [-0.39, 0.29) is 29.6 Å². The molecule has 1 heterocycles. The molecule has 0 spiro atoms. The first-order valence-electron chi connectivity index (χ1n) is 18.0. The van der Waals surface area contributed by atoms with E-state index in [1.807, 2.05) is 4.90 Å². The molecule has 3 aliphatic rings. The summed E-state index contributed by atoms with van der Waals surface area (Å²) in [6.45, 7) is 23.2. The second kappa shape index (κ2) is 14.3. The maximum atomic E-state index is 14.6. The van der Waals surface area contributed by atoms with E-state index in [1.54, 1.807) is 0 Å². The van der Waals surface area contributed by atoms with Gasteiger partial charge in [-0.25, -0.2) is 4.79 Å². The molecule has 0 saturated heterocycles. The van der Waals surface area contributed by atoms with E-state index in [9.17, 15) is 9.59 Å². The van der Waals surface area contributed by atoms with E-state index in [4.69, 9.17) is 4.74 Å². The molecule has 246 valence electrons. The van der Waals surface area contributed by atoms with Crippen LogP contribution in [-0.4, -0.2) is 37.0 Å². The maximum absolute atomic E-state index is 14.6. The molecular weight excluding hydrogens is 559 g/mol. The Bertz CT molecular complexity index is 1130. The second-order valence-corrected chi connectivity index (χ2v) is 22.2. The Hall–Kier alpha value is -1.88. The first kappa shape index (κ1) is 35.0. The van der Waals surface area contributed by atoms with E-state index in [1.165, 1.54) is 24.8 Å². The van der Waals surface area contributed by atoms with Crippen LogP contribution in [-0.2, 0) is 14.9 Å². The summed E-state index contributed by atoms with van der Waals surface area (Å²) in [6.07, 6.45) is 11.0. The molecule has 0 bridgehead atoms. The number of ketones is 1. The van der Waals surface area contributed by atoms with Crippen LogP contribution in [0.3, 0.4) is 0 Å². The van der Waals surface area contributed by atoms with Crippen LogP contribution >= 0.6 is 0 Å². The van der Waals surface area contributed by atoms with Crippen molar-refractivity contribution in [3.8, 4) is 0 Å². The summed E-state index contributed by atoms with van der Waals surface area (Å²) in [4.78, 5) is 30.8. The molecule has 0 N–H and O–H groups in total. The molecule has 2 aliphatic carbocycles. The van der Waals surface area contributed by atoms with Gasteiger partial charge in [-0.1, -0.05) is 119 Å². The van der Waals surface area contributed by atoms with E-state index in [0.717, 1.165) is 37.3 Å². The molecule has 1 aromatic rings. The number of allylic oxidation sites excluding steroid dienone is 1. The highest BCUT2D eigenvalue weighted by molar-refractivity contribution is 6.93. The van der Waals surface area contributed by atoms with E-state index in [2.05, 4.69) is 106 Å². The van der Waals surface area contributed by atoms with E-state index < -0.39 is 8.07 Å². The number of Topliss-reactive ketones (excluding diaryl/α,β-unsaturated/α-hetero) is 1. The van der Waals surface area contributed by atoms with Gasteiger partial charge in [0.15, 0.2) is 5.78 Å². The Kier molecular flexibility index (Phi) is 11.3. The summed E-state index contributed by atoms with van der Waals surface area (Å²) in [5.74, 6) is 2.12. The molecule has 2 fully saturated rings. The largest absolute Gasteiger partial charge is 0.446 e. The van der Waals surface area contributed by atoms with Crippen LogP contribution in [0.2, 0.25) is 16.6 Å². The lowest BCUT2D eigenvalue weighted by atomic mass is 9.62. The number of amides is 1. The number of nitrogens with zero attached hydrogens (tertiary/aromatic N) is 1. The van der Waals surface area contributed by atoms with Crippen molar-refractivity contribution in [3.05, 3.63) is 47.3 Å². The normalized spacial score (nSPS) is 26.1. The van der Waals surface area contributed by atoms with E-state index in [0.29, 0.717) is 46.6 Å². The fraction of sp³-hybridized carbons (Fsp3) is 0.744. The van der Waals surface area contributed by atoms with Crippen LogP contribution in [0.1, 0.15) is 133 Å². The summed E-state index contributed by atoms with van der Waals surface area (Å²) >= 11 is 0. The number of ether oxygens (including phenoxy) is 1. The highest BCUT2D eigenvalue weighted by atomic mass is 28.3. The highest BCUT2D eigenvalue weighted by Gasteiger charge is 2.52. The number of benzene rings is 1. The summed E-state index contributed by atoms with van der Waals surface area (Å²) in [5, 5.41) is 0.978. The zero-order valence-electron chi connectivity index (χ0n) is 29.7. The Morgan fingerprint density at radius 1 is 0.864 bits per heavy atom. The van der Waals surface area contributed by atoms with Crippen LogP contribution in [0.4, 0.5) is 4.79 Å². The molecule has 0 radical (unpaired) electrons. The monoisotopic (exact) mass is 621 g/mol. The molecule has 44 heavy (non-hydrogen) atoms. The molecular formula is C39H63NO3Si. The van der Waals surface area contributed by atoms with Crippen molar-refractivity contribution < 1.29 is 14.3 Å². The fourth-order valence-electron chi connectivity index (χ4n) is 10.0. The molecule has 5 heteroatoms. The lowest BCUT2D eigenvalue weighted by molar-refractivity contribution is -0.117. The standard InChI is InChI=1S/C39H63NO3Si/c1-26(2)31-21-22-36(33(23-31)39(9,10)32-19-15-12-16-20-32)43-38(42)40-25-37(44(27(3)4,28(5)6)29(7)8)35(41)24-34(40)30-17-13-11-14-18-30/h12,15-16,19-20,25-31,33-34,36H,11,13-14,17-18,21-24H2,1-10H3/t31-,33+,34-,36+/m0/s1. The second-order valence-electron chi connectivity index (χ2n) is 16.4. The quantitative estimate of drug-likeness (QED) is 0.258. The van der Waals surface area contributed by atoms with Crippen molar-refractivity contribution >= 4 is 20.0 Å². The smallest absolute Gasteiger partial charge is 0.414 e. The Balaban J connectivity index is 1.74. The van der Waals surface area contributed by atoms with Gasteiger partial charge < -0.3 is 4.74 Å². The topological polar surface area (TPSA) is 46.6 Å². The van der Waals surface area contributed by atoms with Crippen LogP contribution < -0.4 is 0 Å². The molecule has 0 aromatic heterocycles. The average Bonchev–Trinajstić information content (AvgIpc) is 2.98. The van der Waals surface area contributed by atoms with Crippen molar-refractivity contribution in [1.82, 2.24) is 4.90 Å². The number of carbonyl (C=O) groups excluding carboxylic acids is 2. The van der Waals surface area contributed by atoms with Crippen molar-refractivity contribution in [3.63, 3.8) is 0 Å². The fourth-order valence-corrected chi connectivity index (χ4v) is 16.9. The van der Waals surface area contributed by atoms with Gasteiger partial charge in [-0.2, -0.15) is 0 Å². The predicted octanol–water partition coefficient (Wildman–Crippen LogP) is 10.9. The first-order chi connectivity index (χ1) is 20.7. The summed E-state index contributed by atoms with van der Waals surface area (Å²) < 4.78 is 6.72. The number of rotatable bonds is 9. The summed E-state index contributed by atoms with van der Waals surface area (Å²) in [7, 11) is -2.26. The molecule has 0 unspecified atom stereocenters. The lowest BCUT2D eigenvalue weighted by Gasteiger charge is -2.49. The van der Waals surface area contributed by atoms with Crippen LogP contribution in [0.5, 0.6) is 0 Å². The van der Waals surface area contributed by atoms with Crippen molar-refractivity contribution in [2.24, 2.45) is 23.7 Å². The van der Waals surface area contributed by atoms with Crippen LogP contribution in [0.15, 0.2) is 41.7 Å². The van der Waals surface area contributed by atoms with E-state index >= 15 is 0 Å². The van der Waals surface area contributed by atoms with Crippen LogP contribution in [0, 0.1) is 23.7 Å². The van der Waals surface area contributed by atoms with Gasteiger partial charge in [0.1, 0.15) is 14.2 Å². The summed E-state index contributed by atoms with van der Waals surface area (Å²) in [5.41, 5.74) is 2.40. The average molecular weight is 622 g/mol. The zero-order chi connectivity index (χ0) is 32.4. The zero-order valence-corrected chi connectivity index (χ0v) is 30.7. The number of carbonyl (C=O) groups is 2.